The van der Waals surface area contributed by atoms with Crippen LogP contribution in [0.2, 0.25) is 0 Å². The Morgan fingerprint density at radius 3 is 2.24 bits per heavy atom. The monoisotopic (exact) mass is 242 g/mol. The Morgan fingerprint density at radius 2 is 1.76 bits per heavy atom. The maximum Gasteiger partial charge on any atom is 0.358 e. The number of carbonyl (C=O) groups excluding carboxylic acids is 2. The number of carbonyl (C=O) groups is 2. The third kappa shape index (κ3) is 7.10. The van der Waals surface area contributed by atoms with E-state index < -0.39 is 11.9 Å². The number of hydrogen-bond donors (Lipinski definition) is 1. The average Bonchev–Trinajstić information content (AvgIpc) is 2.22. The maximum absolute atomic E-state index is 11.1. The molecule has 0 atom stereocenters. The molecule has 0 saturated carbocycles. The van der Waals surface area contributed by atoms with Crippen molar-refractivity contribution in [2.45, 2.75) is 27.7 Å². The van der Waals surface area contributed by atoms with E-state index in [9.17, 15) is 9.59 Å². The smallest absolute Gasteiger partial charge is 0.358 e. The number of ether oxygens (including phenoxy) is 1. The number of hydrogen-bond acceptors (Lipinski definition) is 5. The van der Waals surface area contributed by atoms with E-state index in [-0.39, 0.29) is 17.9 Å². The summed E-state index contributed by atoms with van der Waals surface area (Å²) in [6.07, 6.45) is 1.89. The molecule has 2 N–H and O–H groups in total. The van der Waals surface area contributed by atoms with Gasteiger partial charge in [0, 0.05) is 17.6 Å². The standard InChI is InChI=1S/C11H18N2O4/c1-5-16-8(14)6-7-9(15)17-13-10(12)11(2,3)4/h6-7H,5H2,1-4H3,(H2,12,13)/b7-6+. The summed E-state index contributed by atoms with van der Waals surface area (Å²) in [6.45, 7) is 7.39. The van der Waals surface area contributed by atoms with Gasteiger partial charge in [-0.05, 0) is 6.92 Å². The van der Waals surface area contributed by atoms with Gasteiger partial charge in [-0.15, -0.1) is 0 Å². The third-order valence-electron chi connectivity index (χ3n) is 1.64. The summed E-state index contributed by atoms with van der Waals surface area (Å²) in [6, 6.07) is 0. The van der Waals surface area contributed by atoms with Crippen molar-refractivity contribution >= 4 is 17.8 Å². The third-order valence-corrected chi connectivity index (χ3v) is 1.64. The number of amidine groups is 1. The lowest BCUT2D eigenvalue weighted by atomic mass is 9.96. The minimum Gasteiger partial charge on any atom is -0.463 e. The summed E-state index contributed by atoms with van der Waals surface area (Å²) in [7, 11) is 0. The highest BCUT2D eigenvalue weighted by Gasteiger charge is 2.16. The first-order valence-corrected chi connectivity index (χ1v) is 5.17. The van der Waals surface area contributed by atoms with E-state index in [1.165, 1.54) is 0 Å². The first-order chi connectivity index (χ1) is 7.77. The van der Waals surface area contributed by atoms with Crippen LogP contribution in [0.25, 0.3) is 0 Å². The fraction of sp³-hybridized carbons (Fsp3) is 0.545. The topological polar surface area (TPSA) is 91.0 Å². The summed E-state index contributed by atoms with van der Waals surface area (Å²) >= 11 is 0. The van der Waals surface area contributed by atoms with Crippen LogP contribution in [0, 0.1) is 5.41 Å². The lowest BCUT2D eigenvalue weighted by Gasteiger charge is -2.15. The molecule has 6 heteroatoms. The first-order valence-electron chi connectivity index (χ1n) is 5.17. The van der Waals surface area contributed by atoms with Crippen LogP contribution in [-0.4, -0.2) is 24.4 Å². The molecular weight excluding hydrogens is 224 g/mol. The normalized spacial score (nSPS) is 12.6. The van der Waals surface area contributed by atoms with Crippen molar-refractivity contribution in [3.05, 3.63) is 12.2 Å². The molecule has 0 amide bonds. The van der Waals surface area contributed by atoms with Gasteiger partial charge in [-0.3, -0.25) is 0 Å². The van der Waals surface area contributed by atoms with Crippen molar-refractivity contribution < 1.29 is 19.2 Å². The van der Waals surface area contributed by atoms with Crippen molar-refractivity contribution in [1.82, 2.24) is 0 Å². The van der Waals surface area contributed by atoms with Crippen molar-refractivity contribution in [1.29, 1.82) is 0 Å². The van der Waals surface area contributed by atoms with Crippen molar-refractivity contribution in [2.24, 2.45) is 16.3 Å². The van der Waals surface area contributed by atoms with E-state index in [4.69, 9.17) is 5.73 Å². The van der Waals surface area contributed by atoms with E-state index in [0.29, 0.717) is 0 Å². The SMILES string of the molecule is CCOC(=O)/C=C/C(=O)O/N=C(\N)C(C)(C)C. The van der Waals surface area contributed by atoms with Gasteiger partial charge in [0.15, 0.2) is 0 Å². The van der Waals surface area contributed by atoms with Gasteiger partial charge in [-0.2, -0.15) is 0 Å². The second-order valence-electron chi connectivity index (χ2n) is 4.22. The molecule has 0 heterocycles. The minimum atomic E-state index is -0.787. The molecule has 0 saturated heterocycles. The Kier molecular flexibility index (Phi) is 5.95. The molecule has 0 bridgehead atoms. The zero-order valence-electron chi connectivity index (χ0n) is 10.5. The molecule has 0 rings (SSSR count). The molecule has 96 valence electrons. The zero-order chi connectivity index (χ0) is 13.5. The van der Waals surface area contributed by atoms with Gasteiger partial charge >= 0.3 is 11.9 Å². The van der Waals surface area contributed by atoms with Gasteiger partial charge in [0.1, 0.15) is 5.84 Å². The van der Waals surface area contributed by atoms with Crippen molar-refractivity contribution in [2.75, 3.05) is 6.61 Å². The van der Waals surface area contributed by atoms with Gasteiger partial charge in [0.05, 0.1) is 6.61 Å². The van der Waals surface area contributed by atoms with Gasteiger partial charge in [-0.1, -0.05) is 25.9 Å². The molecule has 0 spiro atoms. The molecule has 0 aliphatic rings. The highest BCUT2D eigenvalue weighted by molar-refractivity contribution is 5.92. The number of nitrogens with zero attached hydrogens (tertiary/aromatic N) is 1. The fourth-order valence-electron chi connectivity index (χ4n) is 0.588. The van der Waals surface area contributed by atoms with Crippen molar-refractivity contribution in [3.63, 3.8) is 0 Å². The van der Waals surface area contributed by atoms with E-state index in [1.54, 1.807) is 6.92 Å². The highest BCUT2D eigenvalue weighted by atomic mass is 16.7. The molecule has 0 aromatic rings. The van der Waals surface area contributed by atoms with Crippen molar-refractivity contribution in [3.8, 4) is 0 Å². The summed E-state index contributed by atoms with van der Waals surface area (Å²) in [5, 5.41) is 3.46. The van der Waals surface area contributed by atoms with Gasteiger partial charge < -0.3 is 15.3 Å². The number of rotatable bonds is 4. The maximum atomic E-state index is 11.1. The molecule has 0 unspecified atom stereocenters. The van der Waals surface area contributed by atoms with Crippen LogP contribution >= 0.6 is 0 Å². The highest BCUT2D eigenvalue weighted by Crippen LogP contribution is 2.12. The molecule has 0 radical (unpaired) electrons. The number of oxime groups is 1. The van der Waals surface area contributed by atoms with Crippen LogP contribution in [0.15, 0.2) is 17.3 Å². The Balaban J connectivity index is 4.25. The lowest BCUT2D eigenvalue weighted by molar-refractivity contribution is -0.140. The lowest BCUT2D eigenvalue weighted by Crippen LogP contribution is -2.29. The van der Waals surface area contributed by atoms with Crippen LogP contribution in [0.5, 0.6) is 0 Å². The Hall–Kier alpha value is -1.85. The Labute approximate surface area is 100 Å². The largest absolute Gasteiger partial charge is 0.463 e. The Bertz CT molecular complexity index is 340. The van der Waals surface area contributed by atoms with Crippen LogP contribution < -0.4 is 5.73 Å². The predicted octanol–water partition coefficient (Wildman–Crippen LogP) is 0.967. The average molecular weight is 242 g/mol. The molecular formula is C11H18N2O4. The molecule has 0 aliphatic carbocycles. The summed E-state index contributed by atoms with van der Waals surface area (Å²) in [5.74, 6) is -1.21. The van der Waals surface area contributed by atoms with Crippen LogP contribution in [0.3, 0.4) is 0 Å². The zero-order valence-corrected chi connectivity index (χ0v) is 10.5. The second kappa shape index (κ2) is 6.67. The second-order valence-corrected chi connectivity index (χ2v) is 4.22. The fourth-order valence-corrected chi connectivity index (χ4v) is 0.588. The van der Waals surface area contributed by atoms with Gasteiger partial charge in [-0.25, -0.2) is 9.59 Å². The summed E-state index contributed by atoms with van der Waals surface area (Å²) in [4.78, 5) is 26.5. The van der Waals surface area contributed by atoms with E-state index in [2.05, 4.69) is 14.7 Å². The van der Waals surface area contributed by atoms with E-state index >= 15 is 0 Å². The van der Waals surface area contributed by atoms with Crippen LogP contribution in [0.4, 0.5) is 0 Å². The minimum absolute atomic E-state index is 0.190. The van der Waals surface area contributed by atoms with Gasteiger partial charge in [0.2, 0.25) is 0 Å². The van der Waals surface area contributed by atoms with Crippen LogP contribution in [0.1, 0.15) is 27.7 Å². The van der Waals surface area contributed by atoms with Gasteiger partial charge in [0.25, 0.3) is 0 Å². The molecule has 0 aliphatic heterocycles. The quantitative estimate of drug-likeness (QED) is 0.198. The molecule has 17 heavy (non-hydrogen) atoms. The molecule has 6 nitrogen and oxygen atoms in total. The molecule has 0 fully saturated rings. The predicted molar refractivity (Wildman–Crippen MR) is 62.9 cm³/mol. The first kappa shape index (κ1) is 15.2. The van der Waals surface area contributed by atoms with E-state index in [0.717, 1.165) is 12.2 Å². The summed E-state index contributed by atoms with van der Waals surface area (Å²) < 4.78 is 4.58. The molecule has 0 aromatic heterocycles. The summed E-state index contributed by atoms with van der Waals surface area (Å²) in [5.41, 5.74) is 5.18. The molecule has 0 aromatic carbocycles. The number of esters is 1. The number of nitrogens with two attached hydrogens (primary N) is 1. The Morgan fingerprint density at radius 1 is 1.24 bits per heavy atom. The van der Waals surface area contributed by atoms with Crippen LogP contribution in [-0.2, 0) is 19.2 Å². The van der Waals surface area contributed by atoms with E-state index in [1.807, 2.05) is 20.8 Å².